The molecule has 0 aliphatic carbocycles. The molecule has 180 valence electrons. The van der Waals surface area contributed by atoms with Gasteiger partial charge in [0.15, 0.2) is 11.5 Å². The van der Waals surface area contributed by atoms with Crippen LogP contribution in [0.3, 0.4) is 0 Å². The number of benzene rings is 3. The molecule has 1 amide bonds. The van der Waals surface area contributed by atoms with Crippen LogP contribution in [0.5, 0.6) is 11.5 Å². The van der Waals surface area contributed by atoms with E-state index in [-0.39, 0.29) is 33.6 Å². The highest BCUT2D eigenvalue weighted by atomic mass is 32.2. The fraction of sp³-hybridized carbons (Fsp3) is 0.240. The molecule has 0 saturated heterocycles. The third-order valence-corrected chi connectivity index (χ3v) is 6.74. The lowest BCUT2D eigenvalue weighted by molar-refractivity contribution is 0.0947. The lowest BCUT2D eigenvalue weighted by Gasteiger charge is -2.18. The standard InChI is InChI=1S/C25H27FN2O5S/c1-4-17(18-10-6-5-7-11-18)16-27-25(29)20-14-19(15-23(32-2)24(20)33-3)34(30,31)28-22-13-9-8-12-21(22)26/h5-15,17,28H,4,16H2,1-3H3,(H,27,29). The molecule has 7 nitrogen and oxygen atoms in total. The summed E-state index contributed by atoms with van der Waals surface area (Å²) in [6.45, 7) is 2.37. The molecule has 0 aromatic heterocycles. The highest BCUT2D eigenvalue weighted by molar-refractivity contribution is 7.92. The summed E-state index contributed by atoms with van der Waals surface area (Å²) in [4.78, 5) is 12.8. The smallest absolute Gasteiger partial charge is 0.262 e. The number of hydrogen-bond acceptors (Lipinski definition) is 5. The predicted octanol–water partition coefficient (Wildman–Crippen LogP) is 4.57. The summed E-state index contributed by atoms with van der Waals surface area (Å²) < 4.78 is 52.8. The Bertz CT molecular complexity index is 1250. The number of amides is 1. The van der Waals surface area contributed by atoms with Gasteiger partial charge in [0, 0.05) is 18.5 Å². The minimum Gasteiger partial charge on any atom is -0.493 e. The second-order valence-corrected chi connectivity index (χ2v) is 9.20. The van der Waals surface area contributed by atoms with Crippen LogP contribution in [0, 0.1) is 5.82 Å². The van der Waals surface area contributed by atoms with Crippen LogP contribution in [0.25, 0.3) is 0 Å². The van der Waals surface area contributed by atoms with Crippen LogP contribution in [-0.4, -0.2) is 35.1 Å². The molecule has 2 N–H and O–H groups in total. The van der Waals surface area contributed by atoms with Gasteiger partial charge in [0.25, 0.3) is 15.9 Å². The minimum atomic E-state index is -4.23. The Morgan fingerprint density at radius 3 is 2.29 bits per heavy atom. The van der Waals surface area contributed by atoms with Gasteiger partial charge >= 0.3 is 0 Å². The first-order valence-corrected chi connectivity index (χ1v) is 12.2. The van der Waals surface area contributed by atoms with E-state index in [1.54, 1.807) is 0 Å². The van der Waals surface area contributed by atoms with Crippen molar-refractivity contribution in [3.8, 4) is 11.5 Å². The second kappa shape index (κ2) is 11.0. The minimum absolute atomic E-state index is 0.0151. The summed E-state index contributed by atoms with van der Waals surface area (Å²) in [5.41, 5.74) is 0.857. The maximum absolute atomic E-state index is 14.0. The second-order valence-electron chi connectivity index (χ2n) is 7.52. The molecule has 1 unspecified atom stereocenters. The maximum atomic E-state index is 14.0. The van der Waals surface area contributed by atoms with Crippen molar-refractivity contribution in [1.29, 1.82) is 0 Å². The van der Waals surface area contributed by atoms with E-state index < -0.39 is 21.7 Å². The summed E-state index contributed by atoms with van der Waals surface area (Å²) in [6, 6.07) is 17.6. The van der Waals surface area contributed by atoms with Crippen molar-refractivity contribution >= 4 is 21.6 Å². The quantitative estimate of drug-likeness (QED) is 0.438. The van der Waals surface area contributed by atoms with Crippen molar-refractivity contribution in [2.45, 2.75) is 24.2 Å². The van der Waals surface area contributed by atoms with Gasteiger partial charge < -0.3 is 14.8 Å². The van der Waals surface area contributed by atoms with Gasteiger partial charge in [-0.2, -0.15) is 0 Å². The van der Waals surface area contributed by atoms with Crippen LogP contribution in [0.15, 0.2) is 71.6 Å². The number of anilines is 1. The van der Waals surface area contributed by atoms with E-state index >= 15 is 0 Å². The molecule has 0 radical (unpaired) electrons. The van der Waals surface area contributed by atoms with Crippen LogP contribution in [0.2, 0.25) is 0 Å². The fourth-order valence-electron chi connectivity index (χ4n) is 3.54. The molecule has 0 saturated carbocycles. The Balaban J connectivity index is 1.92. The molecular weight excluding hydrogens is 459 g/mol. The molecule has 0 heterocycles. The molecule has 34 heavy (non-hydrogen) atoms. The molecule has 3 aromatic rings. The summed E-state index contributed by atoms with van der Waals surface area (Å²) in [5.74, 6) is -1.02. The van der Waals surface area contributed by atoms with Crippen molar-refractivity contribution in [2.75, 3.05) is 25.5 Å². The first kappa shape index (κ1) is 25.0. The topological polar surface area (TPSA) is 93.7 Å². The third-order valence-electron chi connectivity index (χ3n) is 5.40. The number of carbonyl (C=O) groups excluding carboxylic acids is 1. The average Bonchev–Trinajstić information content (AvgIpc) is 2.85. The number of rotatable bonds is 10. The maximum Gasteiger partial charge on any atom is 0.262 e. The first-order valence-electron chi connectivity index (χ1n) is 10.7. The first-order chi connectivity index (χ1) is 16.3. The number of halogens is 1. The van der Waals surface area contributed by atoms with E-state index in [4.69, 9.17) is 9.47 Å². The lowest BCUT2D eigenvalue weighted by Crippen LogP contribution is -2.29. The molecule has 3 rings (SSSR count). The molecule has 0 spiro atoms. The van der Waals surface area contributed by atoms with Crippen molar-refractivity contribution < 1.29 is 27.1 Å². The van der Waals surface area contributed by atoms with E-state index in [1.807, 2.05) is 37.3 Å². The van der Waals surface area contributed by atoms with Crippen molar-refractivity contribution in [3.05, 3.63) is 83.7 Å². The SMILES string of the molecule is CCC(CNC(=O)c1cc(S(=O)(=O)Nc2ccccc2F)cc(OC)c1OC)c1ccccc1. The van der Waals surface area contributed by atoms with Gasteiger partial charge in [0.05, 0.1) is 30.4 Å². The van der Waals surface area contributed by atoms with E-state index in [0.29, 0.717) is 6.54 Å². The normalized spacial score (nSPS) is 12.0. The highest BCUT2D eigenvalue weighted by Crippen LogP contribution is 2.35. The Hall–Kier alpha value is -3.59. The Labute approximate surface area is 199 Å². The van der Waals surface area contributed by atoms with E-state index in [1.165, 1.54) is 44.6 Å². The number of para-hydroxylation sites is 1. The Morgan fingerprint density at radius 2 is 1.68 bits per heavy atom. The summed E-state index contributed by atoms with van der Waals surface area (Å²) in [5, 5.41) is 2.86. The summed E-state index contributed by atoms with van der Waals surface area (Å²) >= 11 is 0. The average molecular weight is 487 g/mol. The highest BCUT2D eigenvalue weighted by Gasteiger charge is 2.25. The monoisotopic (exact) mass is 486 g/mol. The van der Waals surface area contributed by atoms with Gasteiger partial charge in [-0.05, 0) is 30.2 Å². The van der Waals surface area contributed by atoms with Gasteiger partial charge in [-0.3, -0.25) is 9.52 Å². The fourth-order valence-corrected chi connectivity index (χ4v) is 4.65. The van der Waals surface area contributed by atoms with Gasteiger partial charge in [-0.15, -0.1) is 0 Å². The van der Waals surface area contributed by atoms with E-state index in [0.717, 1.165) is 18.1 Å². The Kier molecular flexibility index (Phi) is 8.12. The van der Waals surface area contributed by atoms with Gasteiger partial charge in [-0.25, -0.2) is 12.8 Å². The van der Waals surface area contributed by atoms with Crippen LogP contribution in [0.4, 0.5) is 10.1 Å². The lowest BCUT2D eigenvalue weighted by atomic mass is 9.96. The molecule has 9 heteroatoms. The van der Waals surface area contributed by atoms with Gasteiger partial charge in [0.1, 0.15) is 5.82 Å². The Morgan fingerprint density at radius 1 is 1.00 bits per heavy atom. The number of hydrogen-bond donors (Lipinski definition) is 2. The number of sulfonamides is 1. The largest absolute Gasteiger partial charge is 0.493 e. The zero-order valence-corrected chi connectivity index (χ0v) is 20.0. The molecular formula is C25H27FN2O5S. The van der Waals surface area contributed by atoms with E-state index in [2.05, 4.69) is 10.0 Å². The predicted molar refractivity (Wildman–Crippen MR) is 129 cm³/mol. The van der Waals surface area contributed by atoms with Crippen LogP contribution < -0.4 is 19.5 Å². The van der Waals surface area contributed by atoms with E-state index in [9.17, 15) is 17.6 Å². The van der Waals surface area contributed by atoms with Gasteiger partial charge in [0.2, 0.25) is 0 Å². The van der Waals surface area contributed by atoms with Crippen molar-refractivity contribution in [1.82, 2.24) is 5.32 Å². The molecule has 3 aromatic carbocycles. The molecule has 1 atom stereocenters. The van der Waals surface area contributed by atoms with Crippen LogP contribution in [0.1, 0.15) is 35.2 Å². The van der Waals surface area contributed by atoms with Crippen molar-refractivity contribution in [2.24, 2.45) is 0 Å². The molecule has 0 fully saturated rings. The summed E-state index contributed by atoms with van der Waals surface area (Å²) in [7, 11) is -1.54. The van der Waals surface area contributed by atoms with Gasteiger partial charge in [-0.1, -0.05) is 49.4 Å². The van der Waals surface area contributed by atoms with Crippen LogP contribution >= 0.6 is 0 Å². The summed E-state index contributed by atoms with van der Waals surface area (Å²) in [6.07, 6.45) is 0.797. The number of ether oxygens (including phenoxy) is 2. The number of methoxy groups -OCH3 is 2. The third kappa shape index (κ3) is 5.66. The number of nitrogens with one attached hydrogen (secondary N) is 2. The molecule has 0 bridgehead atoms. The van der Waals surface area contributed by atoms with Crippen molar-refractivity contribution in [3.63, 3.8) is 0 Å². The molecule has 0 aliphatic heterocycles. The molecule has 0 aliphatic rings. The number of carbonyl (C=O) groups is 1. The zero-order valence-electron chi connectivity index (χ0n) is 19.2. The van der Waals surface area contributed by atoms with Crippen LogP contribution in [-0.2, 0) is 10.0 Å². The zero-order chi connectivity index (χ0) is 24.7.